The van der Waals surface area contributed by atoms with Crippen LogP contribution in [0.1, 0.15) is 30.2 Å². The summed E-state index contributed by atoms with van der Waals surface area (Å²) < 4.78 is 1.82. The molecule has 1 aliphatic rings. The molecule has 0 bridgehead atoms. The monoisotopic (exact) mass is 257 g/mol. The Morgan fingerprint density at radius 3 is 2.89 bits per heavy atom. The standard InChI is InChI=1S/C12H11N5S/c1-2-7-13-9(6-1)10-14-15-12-17(10)16-11(18-12)8-4-3-5-8/h1-2,6-8H,3-5H2. The van der Waals surface area contributed by atoms with Gasteiger partial charge >= 0.3 is 0 Å². The van der Waals surface area contributed by atoms with Crippen molar-refractivity contribution in [2.75, 3.05) is 0 Å². The van der Waals surface area contributed by atoms with Crippen LogP contribution in [0.3, 0.4) is 0 Å². The zero-order valence-corrected chi connectivity index (χ0v) is 10.5. The van der Waals surface area contributed by atoms with Crippen LogP contribution in [-0.2, 0) is 0 Å². The zero-order chi connectivity index (χ0) is 11.9. The maximum Gasteiger partial charge on any atom is 0.235 e. The molecule has 0 atom stereocenters. The first-order valence-electron chi connectivity index (χ1n) is 6.05. The Morgan fingerprint density at radius 1 is 1.22 bits per heavy atom. The summed E-state index contributed by atoms with van der Waals surface area (Å²) in [5.41, 5.74) is 0.815. The minimum absolute atomic E-state index is 0.633. The van der Waals surface area contributed by atoms with E-state index in [1.807, 2.05) is 22.7 Å². The largest absolute Gasteiger partial charge is 0.253 e. The van der Waals surface area contributed by atoms with Crippen LogP contribution in [0.25, 0.3) is 16.5 Å². The lowest BCUT2D eigenvalue weighted by atomic mass is 9.86. The number of rotatable bonds is 2. The van der Waals surface area contributed by atoms with Gasteiger partial charge in [-0.2, -0.15) is 9.61 Å². The van der Waals surface area contributed by atoms with Gasteiger partial charge in [-0.05, 0) is 25.0 Å². The summed E-state index contributed by atoms with van der Waals surface area (Å²) in [6.07, 6.45) is 5.58. The molecule has 0 aliphatic heterocycles. The number of nitrogens with zero attached hydrogens (tertiary/aromatic N) is 5. The zero-order valence-electron chi connectivity index (χ0n) is 9.65. The molecule has 3 aromatic rings. The van der Waals surface area contributed by atoms with E-state index in [1.54, 1.807) is 17.5 Å². The minimum atomic E-state index is 0.633. The highest BCUT2D eigenvalue weighted by atomic mass is 32.1. The third-order valence-electron chi connectivity index (χ3n) is 3.35. The van der Waals surface area contributed by atoms with E-state index in [0.717, 1.165) is 16.5 Å². The van der Waals surface area contributed by atoms with E-state index >= 15 is 0 Å². The molecule has 1 aliphatic carbocycles. The van der Waals surface area contributed by atoms with E-state index in [1.165, 1.54) is 24.3 Å². The second kappa shape index (κ2) is 3.84. The van der Waals surface area contributed by atoms with Crippen molar-refractivity contribution in [3.8, 4) is 11.5 Å². The topological polar surface area (TPSA) is 56.0 Å². The summed E-state index contributed by atoms with van der Waals surface area (Å²) >= 11 is 1.65. The molecule has 0 radical (unpaired) electrons. The van der Waals surface area contributed by atoms with Crippen molar-refractivity contribution >= 4 is 16.3 Å². The second-order valence-corrected chi connectivity index (χ2v) is 5.49. The summed E-state index contributed by atoms with van der Waals surface area (Å²) in [6, 6.07) is 5.77. The first-order chi connectivity index (χ1) is 8.92. The van der Waals surface area contributed by atoms with Gasteiger partial charge in [0, 0.05) is 12.1 Å². The average molecular weight is 257 g/mol. The van der Waals surface area contributed by atoms with Crippen LogP contribution in [0.5, 0.6) is 0 Å². The van der Waals surface area contributed by atoms with E-state index in [-0.39, 0.29) is 0 Å². The molecule has 6 heteroatoms. The Kier molecular flexibility index (Phi) is 2.16. The Bertz CT molecular complexity index is 683. The molecule has 1 fully saturated rings. The molecule has 3 heterocycles. The summed E-state index contributed by atoms with van der Waals surface area (Å²) in [7, 11) is 0. The third kappa shape index (κ3) is 1.45. The normalized spacial score (nSPS) is 16.0. The molecule has 0 amide bonds. The van der Waals surface area contributed by atoms with Gasteiger partial charge in [-0.1, -0.05) is 23.8 Å². The number of aromatic nitrogens is 5. The van der Waals surface area contributed by atoms with Crippen molar-refractivity contribution in [3.05, 3.63) is 29.4 Å². The van der Waals surface area contributed by atoms with E-state index in [4.69, 9.17) is 0 Å². The molecule has 4 rings (SSSR count). The lowest BCUT2D eigenvalue weighted by molar-refractivity contribution is 0.415. The van der Waals surface area contributed by atoms with Crippen LogP contribution in [0.4, 0.5) is 0 Å². The lowest BCUT2D eigenvalue weighted by Gasteiger charge is -2.21. The predicted octanol–water partition coefficient (Wildman–Crippen LogP) is 2.52. The van der Waals surface area contributed by atoms with E-state index in [0.29, 0.717) is 5.92 Å². The van der Waals surface area contributed by atoms with Crippen molar-refractivity contribution in [3.63, 3.8) is 0 Å². The molecule has 90 valence electrons. The van der Waals surface area contributed by atoms with Gasteiger partial charge in [-0.25, -0.2) is 0 Å². The first kappa shape index (κ1) is 10.1. The van der Waals surface area contributed by atoms with Crippen molar-refractivity contribution in [2.45, 2.75) is 25.2 Å². The number of hydrogen-bond donors (Lipinski definition) is 0. The molecule has 5 nitrogen and oxygen atoms in total. The highest BCUT2D eigenvalue weighted by molar-refractivity contribution is 7.16. The Hall–Kier alpha value is -1.82. The molecule has 0 saturated heterocycles. The van der Waals surface area contributed by atoms with E-state index in [2.05, 4.69) is 20.3 Å². The van der Waals surface area contributed by atoms with Crippen LogP contribution in [-0.4, -0.2) is 24.8 Å². The van der Waals surface area contributed by atoms with Gasteiger partial charge in [0.15, 0.2) is 0 Å². The van der Waals surface area contributed by atoms with Crippen LogP contribution in [0.2, 0.25) is 0 Å². The highest BCUT2D eigenvalue weighted by Gasteiger charge is 2.25. The molecule has 18 heavy (non-hydrogen) atoms. The lowest BCUT2D eigenvalue weighted by Crippen LogP contribution is -2.08. The van der Waals surface area contributed by atoms with Gasteiger partial charge in [-0.15, -0.1) is 10.2 Å². The van der Waals surface area contributed by atoms with Crippen molar-refractivity contribution in [1.82, 2.24) is 24.8 Å². The van der Waals surface area contributed by atoms with E-state index < -0.39 is 0 Å². The van der Waals surface area contributed by atoms with Crippen molar-refractivity contribution in [2.24, 2.45) is 0 Å². The molecule has 0 aromatic carbocycles. The molecule has 1 saturated carbocycles. The number of fused-ring (bicyclic) bond motifs is 1. The van der Waals surface area contributed by atoms with Crippen LogP contribution in [0.15, 0.2) is 24.4 Å². The summed E-state index contributed by atoms with van der Waals surface area (Å²) in [6.45, 7) is 0. The summed E-state index contributed by atoms with van der Waals surface area (Å²) in [5, 5.41) is 14.2. The Balaban J connectivity index is 1.83. The minimum Gasteiger partial charge on any atom is -0.253 e. The van der Waals surface area contributed by atoms with Gasteiger partial charge < -0.3 is 0 Å². The molecule has 3 aromatic heterocycles. The fourth-order valence-electron chi connectivity index (χ4n) is 2.11. The Morgan fingerprint density at radius 2 is 2.17 bits per heavy atom. The molecular formula is C12H11N5S. The van der Waals surface area contributed by atoms with Crippen LogP contribution < -0.4 is 0 Å². The maximum atomic E-state index is 4.64. The van der Waals surface area contributed by atoms with Gasteiger partial charge in [0.05, 0.1) is 0 Å². The quantitative estimate of drug-likeness (QED) is 0.708. The van der Waals surface area contributed by atoms with Gasteiger partial charge in [0.1, 0.15) is 10.7 Å². The fraction of sp³-hybridized carbons (Fsp3) is 0.333. The molecule has 0 N–H and O–H groups in total. The fourth-order valence-corrected chi connectivity index (χ4v) is 3.11. The highest BCUT2D eigenvalue weighted by Crippen LogP contribution is 2.38. The maximum absolute atomic E-state index is 4.64. The number of pyridine rings is 1. The summed E-state index contributed by atoms with van der Waals surface area (Å²) in [4.78, 5) is 5.16. The Labute approximate surface area is 108 Å². The van der Waals surface area contributed by atoms with Crippen LogP contribution in [0, 0.1) is 0 Å². The average Bonchev–Trinajstić information content (AvgIpc) is 2.87. The van der Waals surface area contributed by atoms with Crippen molar-refractivity contribution in [1.29, 1.82) is 0 Å². The van der Waals surface area contributed by atoms with Gasteiger partial charge in [0.2, 0.25) is 10.8 Å². The summed E-state index contributed by atoms with van der Waals surface area (Å²) in [5.74, 6) is 1.36. The van der Waals surface area contributed by atoms with Gasteiger partial charge in [0.25, 0.3) is 0 Å². The smallest absolute Gasteiger partial charge is 0.235 e. The second-order valence-electron chi connectivity index (χ2n) is 4.50. The third-order valence-corrected chi connectivity index (χ3v) is 4.42. The van der Waals surface area contributed by atoms with Gasteiger partial charge in [-0.3, -0.25) is 4.98 Å². The predicted molar refractivity (Wildman–Crippen MR) is 68.5 cm³/mol. The number of hydrogen-bond acceptors (Lipinski definition) is 5. The van der Waals surface area contributed by atoms with E-state index in [9.17, 15) is 0 Å². The van der Waals surface area contributed by atoms with Crippen molar-refractivity contribution < 1.29 is 0 Å². The van der Waals surface area contributed by atoms with Crippen LogP contribution >= 0.6 is 11.3 Å². The molecule has 0 unspecified atom stereocenters. The SMILES string of the molecule is c1ccc(-c2nnc3sc(C4CCC4)nn23)nc1. The molecular weight excluding hydrogens is 246 g/mol. The first-order valence-corrected chi connectivity index (χ1v) is 6.87. The molecule has 0 spiro atoms.